The van der Waals surface area contributed by atoms with Gasteiger partial charge in [0.2, 0.25) is 11.0 Å². The molecule has 22 heavy (non-hydrogen) atoms. The van der Waals surface area contributed by atoms with E-state index in [2.05, 4.69) is 20.0 Å². The Morgan fingerprint density at radius 1 is 1.50 bits per heavy atom. The van der Waals surface area contributed by atoms with Gasteiger partial charge in [0.15, 0.2) is 5.82 Å². The third-order valence-corrected chi connectivity index (χ3v) is 3.99. The van der Waals surface area contributed by atoms with Crippen molar-refractivity contribution in [2.45, 2.75) is 18.9 Å². The summed E-state index contributed by atoms with van der Waals surface area (Å²) in [6.07, 6.45) is 1.90. The Labute approximate surface area is 138 Å². The second kappa shape index (κ2) is 7.53. The molecular formula is C14H17ClN4O2S. The number of halogens is 1. The number of hydrogen-bond acceptors (Lipinski definition) is 6. The minimum absolute atomic E-state index is 0. The topological polar surface area (TPSA) is 76.1 Å². The van der Waals surface area contributed by atoms with Crippen molar-refractivity contribution in [1.82, 2.24) is 14.7 Å². The first kappa shape index (κ1) is 16.7. The van der Waals surface area contributed by atoms with Gasteiger partial charge in [-0.3, -0.25) is 10.1 Å². The molecule has 3 rings (SSSR count). The molecule has 0 radical (unpaired) electrons. The molecule has 1 aromatic heterocycles. The number of nitrogens with zero attached hydrogens (tertiary/aromatic N) is 2. The van der Waals surface area contributed by atoms with Crippen LogP contribution in [-0.2, 0) is 4.79 Å². The fourth-order valence-corrected chi connectivity index (χ4v) is 2.85. The van der Waals surface area contributed by atoms with Gasteiger partial charge < -0.3 is 10.1 Å². The van der Waals surface area contributed by atoms with Crippen LogP contribution in [0.25, 0.3) is 11.4 Å². The van der Waals surface area contributed by atoms with E-state index >= 15 is 0 Å². The van der Waals surface area contributed by atoms with Crippen molar-refractivity contribution in [3.05, 3.63) is 24.3 Å². The summed E-state index contributed by atoms with van der Waals surface area (Å²) in [6.45, 7) is 0.892. The molecule has 1 fully saturated rings. The molecule has 1 aromatic carbocycles. The molecule has 2 N–H and O–H groups in total. The average Bonchev–Trinajstić information content (AvgIpc) is 3.18. The summed E-state index contributed by atoms with van der Waals surface area (Å²) in [5.41, 5.74) is 0.866. The van der Waals surface area contributed by atoms with Crippen LogP contribution in [0.4, 0.5) is 5.13 Å². The van der Waals surface area contributed by atoms with E-state index in [-0.39, 0.29) is 24.4 Å². The molecular weight excluding hydrogens is 324 g/mol. The van der Waals surface area contributed by atoms with Gasteiger partial charge in [-0.1, -0.05) is 12.1 Å². The molecule has 118 valence electrons. The molecule has 1 amide bonds. The molecule has 1 unspecified atom stereocenters. The van der Waals surface area contributed by atoms with Crippen molar-refractivity contribution in [2.75, 3.05) is 19.0 Å². The maximum Gasteiger partial charge on any atom is 0.243 e. The van der Waals surface area contributed by atoms with Gasteiger partial charge in [0.1, 0.15) is 5.75 Å². The highest BCUT2D eigenvalue weighted by atomic mass is 35.5. The lowest BCUT2D eigenvalue weighted by atomic mass is 10.2. The van der Waals surface area contributed by atoms with Gasteiger partial charge in [-0.2, -0.15) is 9.36 Å². The Morgan fingerprint density at radius 3 is 3.09 bits per heavy atom. The number of hydrogen-bond donors (Lipinski definition) is 2. The smallest absolute Gasteiger partial charge is 0.243 e. The van der Waals surface area contributed by atoms with Gasteiger partial charge >= 0.3 is 0 Å². The number of aromatic nitrogens is 2. The second-order valence-electron chi connectivity index (χ2n) is 4.79. The zero-order chi connectivity index (χ0) is 14.7. The van der Waals surface area contributed by atoms with Crippen LogP contribution < -0.4 is 15.4 Å². The molecule has 1 aliphatic heterocycles. The van der Waals surface area contributed by atoms with E-state index in [9.17, 15) is 4.79 Å². The number of carbonyl (C=O) groups is 1. The molecule has 8 heteroatoms. The summed E-state index contributed by atoms with van der Waals surface area (Å²) >= 11 is 1.18. The molecule has 0 aliphatic carbocycles. The van der Waals surface area contributed by atoms with E-state index in [0.717, 1.165) is 30.7 Å². The molecule has 0 spiro atoms. The highest BCUT2D eigenvalue weighted by Gasteiger charge is 2.23. The number of nitrogens with one attached hydrogen (secondary N) is 2. The van der Waals surface area contributed by atoms with Gasteiger partial charge in [0.05, 0.1) is 13.2 Å². The third-order valence-electron chi connectivity index (χ3n) is 3.36. The van der Waals surface area contributed by atoms with E-state index in [4.69, 9.17) is 4.74 Å². The fraction of sp³-hybridized carbons (Fsp3) is 0.357. The minimum Gasteiger partial charge on any atom is -0.497 e. The lowest BCUT2D eigenvalue weighted by Crippen LogP contribution is -2.35. The van der Waals surface area contributed by atoms with Crippen molar-refractivity contribution < 1.29 is 9.53 Å². The maximum absolute atomic E-state index is 12.0. The summed E-state index contributed by atoms with van der Waals surface area (Å²) in [7, 11) is 1.62. The average molecular weight is 341 g/mol. The van der Waals surface area contributed by atoms with Crippen LogP contribution in [0.2, 0.25) is 0 Å². The van der Waals surface area contributed by atoms with Crippen LogP contribution in [0.1, 0.15) is 12.8 Å². The first-order valence-corrected chi connectivity index (χ1v) is 7.56. The van der Waals surface area contributed by atoms with Crippen molar-refractivity contribution in [3.63, 3.8) is 0 Å². The summed E-state index contributed by atoms with van der Waals surface area (Å²) in [5, 5.41) is 6.49. The van der Waals surface area contributed by atoms with Crippen LogP contribution in [0.15, 0.2) is 24.3 Å². The largest absolute Gasteiger partial charge is 0.497 e. The Hall–Kier alpha value is -1.70. The molecule has 6 nitrogen and oxygen atoms in total. The van der Waals surface area contributed by atoms with E-state index in [1.54, 1.807) is 7.11 Å². The van der Waals surface area contributed by atoms with Crippen molar-refractivity contribution >= 4 is 35.0 Å². The third kappa shape index (κ3) is 3.73. The molecule has 0 bridgehead atoms. The summed E-state index contributed by atoms with van der Waals surface area (Å²) in [4.78, 5) is 16.4. The fourth-order valence-electron chi connectivity index (χ4n) is 2.25. The lowest BCUT2D eigenvalue weighted by molar-refractivity contribution is -0.117. The Kier molecular flexibility index (Phi) is 5.70. The normalized spacial score (nSPS) is 16.9. The Balaban J connectivity index is 0.00000176. The van der Waals surface area contributed by atoms with Gasteiger partial charge in [-0.25, -0.2) is 0 Å². The minimum atomic E-state index is -0.117. The first-order valence-electron chi connectivity index (χ1n) is 6.78. The first-order chi connectivity index (χ1) is 10.3. The summed E-state index contributed by atoms with van der Waals surface area (Å²) in [6, 6.07) is 7.41. The van der Waals surface area contributed by atoms with Crippen molar-refractivity contribution in [3.8, 4) is 17.1 Å². The highest BCUT2D eigenvalue weighted by Crippen LogP contribution is 2.24. The van der Waals surface area contributed by atoms with E-state index in [0.29, 0.717) is 11.0 Å². The zero-order valence-electron chi connectivity index (χ0n) is 12.0. The highest BCUT2D eigenvalue weighted by molar-refractivity contribution is 7.10. The van der Waals surface area contributed by atoms with E-state index in [1.807, 2.05) is 24.3 Å². The number of carbonyl (C=O) groups excluding carboxylic acids is 1. The number of benzene rings is 1. The monoisotopic (exact) mass is 340 g/mol. The number of ether oxygens (including phenoxy) is 1. The molecule has 0 saturated carbocycles. The zero-order valence-corrected chi connectivity index (χ0v) is 13.7. The Morgan fingerprint density at radius 2 is 2.36 bits per heavy atom. The predicted molar refractivity (Wildman–Crippen MR) is 88.8 cm³/mol. The lowest BCUT2D eigenvalue weighted by Gasteiger charge is -2.07. The number of anilines is 1. The van der Waals surface area contributed by atoms with Gasteiger partial charge in [0, 0.05) is 17.1 Å². The van der Waals surface area contributed by atoms with E-state index in [1.165, 1.54) is 11.5 Å². The standard InChI is InChI=1S/C14H16N4O2S.ClH/c1-20-10-5-2-4-9(8-10)12-16-14(21-18-12)17-13(19)11-6-3-7-15-11;/h2,4-5,8,11,15H,3,6-7H2,1H3,(H,16,17,18,19);1H. The molecule has 1 atom stereocenters. The molecule has 1 aliphatic rings. The molecule has 2 aromatic rings. The number of amides is 1. The quantitative estimate of drug-likeness (QED) is 0.893. The SMILES string of the molecule is COc1cccc(-c2nsc(NC(=O)C3CCCN3)n2)c1.Cl. The summed E-state index contributed by atoms with van der Waals surface area (Å²) < 4.78 is 9.47. The van der Waals surface area contributed by atoms with Crippen LogP contribution in [0, 0.1) is 0 Å². The van der Waals surface area contributed by atoms with Crippen LogP contribution in [-0.4, -0.2) is 35.0 Å². The second-order valence-corrected chi connectivity index (χ2v) is 5.55. The predicted octanol–water partition coefficient (Wildman–Crippen LogP) is 2.33. The van der Waals surface area contributed by atoms with Crippen LogP contribution in [0.3, 0.4) is 0 Å². The molecule has 2 heterocycles. The van der Waals surface area contributed by atoms with Crippen LogP contribution >= 0.6 is 23.9 Å². The van der Waals surface area contributed by atoms with Crippen molar-refractivity contribution in [2.24, 2.45) is 0 Å². The van der Waals surface area contributed by atoms with Crippen molar-refractivity contribution in [1.29, 1.82) is 0 Å². The number of rotatable bonds is 4. The van der Waals surface area contributed by atoms with E-state index < -0.39 is 0 Å². The van der Waals surface area contributed by atoms with Crippen LogP contribution in [0.5, 0.6) is 5.75 Å². The van der Waals surface area contributed by atoms with Gasteiger partial charge in [0.25, 0.3) is 0 Å². The number of methoxy groups -OCH3 is 1. The molecule has 1 saturated heterocycles. The van der Waals surface area contributed by atoms with Gasteiger partial charge in [-0.15, -0.1) is 12.4 Å². The maximum atomic E-state index is 12.0. The summed E-state index contributed by atoms with van der Waals surface area (Å²) in [5.74, 6) is 1.30. The van der Waals surface area contributed by atoms with Gasteiger partial charge in [-0.05, 0) is 31.5 Å². The Bertz CT molecular complexity index is 643.